The highest BCUT2D eigenvalue weighted by Gasteiger charge is 2.46. The molecular formula is C11H16N2O. The Morgan fingerprint density at radius 3 is 2.71 bits per heavy atom. The minimum atomic E-state index is -0.0634. The van der Waals surface area contributed by atoms with Crippen LogP contribution in [0.2, 0.25) is 0 Å². The number of hydrogen-bond donors (Lipinski definition) is 0. The topological polar surface area (TPSA) is 44.1 Å². The molecular weight excluding hydrogens is 176 g/mol. The summed E-state index contributed by atoms with van der Waals surface area (Å²) in [6.07, 6.45) is 4.98. The van der Waals surface area contributed by atoms with E-state index in [-0.39, 0.29) is 17.4 Å². The predicted octanol–water partition coefficient (Wildman–Crippen LogP) is 1.69. The van der Waals surface area contributed by atoms with Crippen molar-refractivity contribution in [2.24, 2.45) is 5.92 Å². The van der Waals surface area contributed by atoms with Crippen molar-refractivity contribution in [3.05, 3.63) is 0 Å². The van der Waals surface area contributed by atoms with Gasteiger partial charge >= 0.3 is 0 Å². The molecule has 1 heterocycles. The van der Waals surface area contributed by atoms with Crippen molar-refractivity contribution in [1.29, 1.82) is 5.26 Å². The Balaban J connectivity index is 2.12. The van der Waals surface area contributed by atoms with E-state index in [0.717, 1.165) is 19.3 Å². The second-order valence-electron chi connectivity index (χ2n) is 4.47. The number of hydrogen-bond acceptors (Lipinski definition) is 2. The Kier molecular flexibility index (Phi) is 2.22. The van der Waals surface area contributed by atoms with Gasteiger partial charge in [0, 0.05) is 18.5 Å². The molecule has 0 aromatic carbocycles. The third kappa shape index (κ3) is 1.21. The summed E-state index contributed by atoms with van der Waals surface area (Å²) in [4.78, 5) is 13.7. The molecule has 0 bridgehead atoms. The number of carbonyl (C=O) groups excluding carboxylic acids is 1. The van der Waals surface area contributed by atoms with Crippen LogP contribution in [0, 0.1) is 17.2 Å². The molecule has 0 radical (unpaired) electrons. The van der Waals surface area contributed by atoms with Gasteiger partial charge in [-0.1, -0.05) is 6.92 Å². The fourth-order valence-electron chi connectivity index (χ4n) is 2.65. The molecule has 0 spiro atoms. The van der Waals surface area contributed by atoms with Gasteiger partial charge in [0.05, 0.1) is 12.0 Å². The van der Waals surface area contributed by atoms with Gasteiger partial charge in [0.15, 0.2) is 0 Å². The van der Waals surface area contributed by atoms with Crippen LogP contribution in [-0.4, -0.2) is 22.9 Å². The average Bonchev–Trinajstić information content (AvgIpc) is 2.48. The number of amides is 1. The molecule has 3 heteroatoms. The lowest BCUT2D eigenvalue weighted by atomic mass is 9.73. The fraction of sp³-hybridized carbons (Fsp3) is 0.818. The van der Waals surface area contributed by atoms with E-state index in [1.165, 1.54) is 6.42 Å². The van der Waals surface area contributed by atoms with Gasteiger partial charge in [-0.15, -0.1) is 0 Å². The van der Waals surface area contributed by atoms with Crippen molar-refractivity contribution >= 4 is 5.91 Å². The third-order valence-electron chi connectivity index (χ3n) is 3.82. The maximum atomic E-state index is 11.7. The first-order chi connectivity index (χ1) is 6.72. The summed E-state index contributed by atoms with van der Waals surface area (Å²) in [6, 6.07) is 2.21. The average molecular weight is 192 g/mol. The molecule has 1 atom stereocenters. The molecule has 1 unspecified atom stereocenters. The van der Waals surface area contributed by atoms with Crippen LogP contribution >= 0.6 is 0 Å². The van der Waals surface area contributed by atoms with E-state index < -0.39 is 0 Å². The van der Waals surface area contributed by atoms with Crippen molar-refractivity contribution in [2.75, 3.05) is 6.54 Å². The van der Waals surface area contributed by atoms with E-state index >= 15 is 0 Å². The van der Waals surface area contributed by atoms with Crippen LogP contribution in [0.3, 0.4) is 0 Å². The van der Waals surface area contributed by atoms with E-state index in [9.17, 15) is 4.79 Å². The van der Waals surface area contributed by atoms with E-state index in [1.807, 2.05) is 4.90 Å². The molecule has 14 heavy (non-hydrogen) atoms. The van der Waals surface area contributed by atoms with E-state index in [4.69, 9.17) is 5.26 Å². The lowest BCUT2D eigenvalue weighted by Crippen LogP contribution is -2.53. The Bertz CT molecular complexity index is 283. The van der Waals surface area contributed by atoms with Crippen LogP contribution < -0.4 is 0 Å². The van der Waals surface area contributed by atoms with Gasteiger partial charge in [0.1, 0.15) is 0 Å². The lowest BCUT2D eigenvalue weighted by molar-refractivity contribution is -0.136. The zero-order valence-corrected chi connectivity index (χ0v) is 8.62. The molecule has 0 N–H and O–H groups in total. The molecule has 2 fully saturated rings. The second-order valence-corrected chi connectivity index (χ2v) is 4.47. The molecule has 1 saturated carbocycles. The minimum Gasteiger partial charge on any atom is -0.336 e. The summed E-state index contributed by atoms with van der Waals surface area (Å²) in [7, 11) is 0. The Morgan fingerprint density at radius 2 is 2.36 bits per heavy atom. The molecule has 0 aromatic rings. The summed E-state index contributed by atoms with van der Waals surface area (Å²) >= 11 is 0. The smallest absolute Gasteiger partial charge is 0.224 e. The molecule has 76 valence electrons. The monoisotopic (exact) mass is 192 g/mol. The van der Waals surface area contributed by atoms with Crippen LogP contribution in [0.25, 0.3) is 0 Å². The summed E-state index contributed by atoms with van der Waals surface area (Å²) in [5.74, 6) is 0.129. The maximum absolute atomic E-state index is 11.7. The van der Waals surface area contributed by atoms with Crippen molar-refractivity contribution in [2.45, 2.75) is 44.6 Å². The van der Waals surface area contributed by atoms with Crippen molar-refractivity contribution in [3.63, 3.8) is 0 Å². The van der Waals surface area contributed by atoms with Gasteiger partial charge < -0.3 is 4.90 Å². The Morgan fingerprint density at radius 1 is 1.64 bits per heavy atom. The summed E-state index contributed by atoms with van der Waals surface area (Å²) in [5, 5.41) is 8.80. The lowest BCUT2D eigenvalue weighted by Gasteiger charge is -2.48. The molecule has 3 nitrogen and oxygen atoms in total. The SMILES string of the molecule is CCC1(N2CC(C#N)CC2=O)CCC1. The van der Waals surface area contributed by atoms with Crippen molar-refractivity contribution < 1.29 is 4.79 Å². The highest BCUT2D eigenvalue weighted by atomic mass is 16.2. The number of nitrogens with zero attached hydrogens (tertiary/aromatic N) is 2. The Labute approximate surface area is 84.7 Å². The molecule has 1 aliphatic carbocycles. The van der Waals surface area contributed by atoms with E-state index in [1.54, 1.807) is 0 Å². The first-order valence-electron chi connectivity index (χ1n) is 5.42. The third-order valence-corrected chi connectivity index (χ3v) is 3.82. The van der Waals surface area contributed by atoms with Gasteiger partial charge in [-0.25, -0.2) is 0 Å². The first-order valence-corrected chi connectivity index (χ1v) is 5.42. The summed E-state index contributed by atoms with van der Waals surface area (Å²) < 4.78 is 0. The normalized spacial score (nSPS) is 29.9. The summed E-state index contributed by atoms with van der Waals surface area (Å²) in [5.41, 5.74) is 0.128. The van der Waals surface area contributed by atoms with Crippen LogP contribution in [0.4, 0.5) is 0 Å². The quantitative estimate of drug-likeness (QED) is 0.668. The molecule has 1 aliphatic heterocycles. The number of rotatable bonds is 2. The van der Waals surface area contributed by atoms with Crippen LogP contribution in [0.1, 0.15) is 39.0 Å². The first kappa shape index (κ1) is 9.51. The predicted molar refractivity (Wildman–Crippen MR) is 52.3 cm³/mol. The van der Waals surface area contributed by atoms with E-state index in [0.29, 0.717) is 13.0 Å². The van der Waals surface area contributed by atoms with Gasteiger partial charge in [-0.3, -0.25) is 4.79 Å². The highest BCUT2D eigenvalue weighted by Crippen LogP contribution is 2.43. The van der Waals surface area contributed by atoms with Crippen molar-refractivity contribution in [1.82, 2.24) is 4.90 Å². The standard InChI is InChI=1S/C11H16N2O/c1-2-11(4-3-5-11)13-8-9(7-12)6-10(13)14/h9H,2-6,8H2,1H3. The van der Waals surface area contributed by atoms with Gasteiger partial charge in [0.2, 0.25) is 5.91 Å². The molecule has 2 rings (SSSR count). The zero-order valence-electron chi connectivity index (χ0n) is 8.62. The molecule has 0 aromatic heterocycles. The van der Waals surface area contributed by atoms with Gasteiger partial charge in [-0.2, -0.15) is 5.26 Å². The number of carbonyl (C=O) groups is 1. The van der Waals surface area contributed by atoms with Gasteiger partial charge in [0.25, 0.3) is 0 Å². The highest BCUT2D eigenvalue weighted by molar-refractivity contribution is 5.80. The largest absolute Gasteiger partial charge is 0.336 e. The van der Waals surface area contributed by atoms with Crippen LogP contribution in [-0.2, 0) is 4.79 Å². The summed E-state index contributed by atoms with van der Waals surface area (Å²) in [6.45, 7) is 2.81. The minimum absolute atomic E-state index is 0.0634. The Hall–Kier alpha value is -1.04. The number of nitriles is 1. The molecule has 1 saturated heterocycles. The molecule has 2 aliphatic rings. The zero-order chi connectivity index (χ0) is 10.2. The maximum Gasteiger partial charge on any atom is 0.224 e. The van der Waals surface area contributed by atoms with Gasteiger partial charge in [-0.05, 0) is 25.7 Å². The van der Waals surface area contributed by atoms with Crippen LogP contribution in [0.5, 0.6) is 0 Å². The fourth-order valence-corrected chi connectivity index (χ4v) is 2.65. The van der Waals surface area contributed by atoms with Crippen LogP contribution in [0.15, 0.2) is 0 Å². The van der Waals surface area contributed by atoms with Crippen molar-refractivity contribution in [3.8, 4) is 6.07 Å². The molecule has 1 amide bonds. The number of likely N-dealkylation sites (tertiary alicyclic amines) is 1. The van der Waals surface area contributed by atoms with E-state index in [2.05, 4.69) is 13.0 Å². The second kappa shape index (κ2) is 3.27.